The Hall–Kier alpha value is -3.18. The van der Waals surface area contributed by atoms with Gasteiger partial charge in [-0.2, -0.15) is 18.2 Å². The van der Waals surface area contributed by atoms with Gasteiger partial charge in [0.2, 0.25) is 11.8 Å². The van der Waals surface area contributed by atoms with Crippen molar-refractivity contribution in [3.63, 3.8) is 0 Å². The number of hydrogen-bond acceptors (Lipinski definition) is 7. The van der Waals surface area contributed by atoms with Crippen molar-refractivity contribution >= 4 is 17.7 Å². The average Bonchev–Trinajstić information content (AvgIpc) is 3.19. The molecule has 1 aliphatic rings. The van der Waals surface area contributed by atoms with Crippen LogP contribution in [0.3, 0.4) is 0 Å². The highest BCUT2D eigenvalue weighted by Crippen LogP contribution is 2.21. The number of halogens is 3. The van der Waals surface area contributed by atoms with Gasteiger partial charge in [0.1, 0.15) is 5.82 Å². The van der Waals surface area contributed by atoms with Gasteiger partial charge in [0.05, 0.1) is 12.5 Å². The van der Waals surface area contributed by atoms with Crippen molar-refractivity contribution in [2.45, 2.75) is 45.8 Å². The van der Waals surface area contributed by atoms with Crippen molar-refractivity contribution in [2.24, 2.45) is 11.8 Å². The van der Waals surface area contributed by atoms with E-state index < -0.39 is 12.1 Å². The van der Waals surface area contributed by atoms with E-state index in [0.29, 0.717) is 30.7 Å². The third kappa shape index (κ3) is 8.16. The third-order valence-electron chi connectivity index (χ3n) is 4.52. The third-order valence-corrected chi connectivity index (χ3v) is 4.52. The van der Waals surface area contributed by atoms with E-state index in [2.05, 4.69) is 39.2 Å². The summed E-state index contributed by atoms with van der Waals surface area (Å²) >= 11 is 0. The molecule has 12 heteroatoms. The minimum atomic E-state index is -5.08. The Morgan fingerprint density at radius 2 is 2.06 bits per heavy atom. The molecule has 2 aromatic heterocycles. The Morgan fingerprint density at radius 3 is 2.66 bits per heavy atom. The molecule has 0 bridgehead atoms. The number of nitrogens with zero attached hydrogens (tertiary/aromatic N) is 4. The fraction of sp³-hybridized carbons (Fsp3) is 0.550. The smallest absolute Gasteiger partial charge is 0.475 e. The average molecular weight is 457 g/mol. The molecule has 0 aromatic carbocycles. The monoisotopic (exact) mass is 457 g/mol. The lowest BCUT2D eigenvalue weighted by Gasteiger charge is -2.32. The van der Waals surface area contributed by atoms with Crippen LogP contribution in [-0.4, -0.2) is 51.4 Å². The first-order valence-corrected chi connectivity index (χ1v) is 10.1. The molecule has 2 aromatic rings. The molecule has 1 amide bonds. The van der Waals surface area contributed by atoms with Gasteiger partial charge in [-0.05, 0) is 30.9 Å². The Kier molecular flexibility index (Phi) is 8.97. The van der Waals surface area contributed by atoms with Crippen LogP contribution in [0.1, 0.15) is 38.4 Å². The lowest BCUT2D eigenvalue weighted by Crippen LogP contribution is -2.43. The maximum Gasteiger partial charge on any atom is 0.490 e. The summed E-state index contributed by atoms with van der Waals surface area (Å²) in [5, 5.41) is 14.0. The summed E-state index contributed by atoms with van der Waals surface area (Å²) in [6.07, 6.45) is -0.679. The molecule has 176 valence electrons. The summed E-state index contributed by atoms with van der Waals surface area (Å²) < 4.78 is 36.9. The van der Waals surface area contributed by atoms with Crippen molar-refractivity contribution in [2.75, 3.05) is 18.0 Å². The largest absolute Gasteiger partial charge is 0.490 e. The molecule has 0 saturated carbocycles. The predicted octanol–water partition coefficient (Wildman–Crippen LogP) is 2.83. The first kappa shape index (κ1) is 25.1. The van der Waals surface area contributed by atoms with E-state index in [-0.39, 0.29) is 11.8 Å². The number of aliphatic carboxylic acids is 1. The topological polar surface area (TPSA) is 121 Å². The molecular formula is C20H26F3N5O4. The first-order valence-electron chi connectivity index (χ1n) is 10.1. The number of amides is 1. The van der Waals surface area contributed by atoms with Gasteiger partial charge in [-0.15, -0.1) is 0 Å². The number of alkyl halides is 3. The number of carbonyl (C=O) groups is 2. The lowest BCUT2D eigenvalue weighted by molar-refractivity contribution is -0.192. The number of carbonyl (C=O) groups excluding carboxylic acids is 1. The van der Waals surface area contributed by atoms with Crippen molar-refractivity contribution in [3.05, 3.63) is 36.1 Å². The van der Waals surface area contributed by atoms with E-state index in [1.807, 2.05) is 18.2 Å². The number of carboxylic acid groups (broad SMARTS) is 1. The number of anilines is 1. The summed E-state index contributed by atoms with van der Waals surface area (Å²) in [5.74, 6) is -0.222. The summed E-state index contributed by atoms with van der Waals surface area (Å²) in [6, 6.07) is 5.85. The van der Waals surface area contributed by atoms with Crippen molar-refractivity contribution in [1.82, 2.24) is 20.4 Å². The Bertz CT molecular complexity index is 874. The predicted molar refractivity (Wildman–Crippen MR) is 108 cm³/mol. The van der Waals surface area contributed by atoms with Gasteiger partial charge in [-0.3, -0.25) is 4.79 Å². The van der Waals surface area contributed by atoms with E-state index in [1.54, 1.807) is 6.20 Å². The Morgan fingerprint density at radius 1 is 1.34 bits per heavy atom. The van der Waals surface area contributed by atoms with Crippen LogP contribution in [0.4, 0.5) is 19.0 Å². The maximum atomic E-state index is 12.5. The molecule has 0 spiro atoms. The number of pyridine rings is 1. The highest BCUT2D eigenvalue weighted by atomic mass is 19.4. The van der Waals surface area contributed by atoms with E-state index in [9.17, 15) is 18.0 Å². The number of carboxylic acids is 1. The zero-order chi connectivity index (χ0) is 23.7. The van der Waals surface area contributed by atoms with Crippen LogP contribution in [-0.2, 0) is 22.6 Å². The van der Waals surface area contributed by atoms with Crippen LogP contribution >= 0.6 is 0 Å². The van der Waals surface area contributed by atoms with Crippen LogP contribution in [0.2, 0.25) is 0 Å². The van der Waals surface area contributed by atoms with Crippen LogP contribution in [0.5, 0.6) is 0 Å². The molecule has 3 heterocycles. The minimum absolute atomic E-state index is 0.0378. The Balaban J connectivity index is 0.000000451. The minimum Gasteiger partial charge on any atom is -0.475 e. The molecule has 0 radical (unpaired) electrons. The second-order valence-corrected chi connectivity index (χ2v) is 7.70. The number of piperidine rings is 1. The number of hydrogen-bond donors (Lipinski definition) is 2. The SMILES string of the molecule is CC(C)Cc1nc(CNC(=O)C2CCCN(c3ccccn3)C2)no1.O=C(O)C(F)(F)F. The molecule has 1 aliphatic heterocycles. The molecule has 0 aliphatic carbocycles. The molecule has 2 N–H and O–H groups in total. The van der Waals surface area contributed by atoms with E-state index in [1.165, 1.54) is 0 Å². The fourth-order valence-electron chi connectivity index (χ4n) is 3.04. The van der Waals surface area contributed by atoms with Gasteiger partial charge in [0.25, 0.3) is 0 Å². The van der Waals surface area contributed by atoms with E-state index in [4.69, 9.17) is 14.4 Å². The van der Waals surface area contributed by atoms with Gasteiger partial charge in [0, 0.05) is 25.7 Å². The number of rotatable bonds is 6. The highest BCUT2D eigenvalue weighted by Gasteiger charge is 2.38. The van der Waals surface area contributed by atoms with Crippen LogP contribution in [0.25, 0.3) is 0 Å². The second-order valence-electron chi connectivity index (χ2n) is 7.70. The molecule has 1 saturated heterocycles. The maximum absolute atomic E-state index is 12.5. The second kappa shape index (κ2) is 11.4. The molecule has 1 atom stereocenters. The van der Waals surface area contributed by atoms with Crippen molar-refractivity contribution in [3.8, 4) is 0 Å². The molecule has 3 rings (SSSR count). The number of nitrogens with one attached hydrogen (secondary N) is 1. The molecule has 1 fully saturated rings. The summed E-state index contributed by atoms with van der Waals surface area (Å²) in [5.41, 5.74) is 0. The molecule has 32 heavy (non-hydrogen) atoms. The van der Waals surface area contributed by atoms with Crippen molar-refractivity contribution in [1.29, 1.82) is 0 Å². The highest BCUT2D eigenvalue weighted by molar-refractivity contribution is 5.79. The van der Waals surface area contributed by atoms with Gasteiger partial charge in [-0.1, -0.05) is 25.1 Å². The standard InChI is InChI=1S/C18H25N5O2.C2HF3O2/c1-13(2)10-17-21-15(22-25-17)11-20-18(24)14-6-5-9-23(12-14)16-7-3-4-8-19-16;3-2(4,5)1(6)7/h3-4,7-8,13-14H,5-6,9-12H2,1-2H3,(H,20,24);(H,6,7). The quantitative estimate of drug-likeness (QED) is 0.679. The van der Waals surface area contributed by atoms with Crippen LogP contribution in [0.15, 0.2) is 28.9 Å². The van der Waals surface area contributed by atoms with E-state index in [0.717, 1.165) is 31.6 Å². The fourth-order valence-corrected chi connectivity index (χ4v) is 3.04. The normalized spacial score (nSPS) is 16.3. The van der Waals surface area contributed by atoms with Gasteiger partial charge in [-0.25, -0.2) is 9.78 Å². The van der Waals surface area contributed by atoms with Crippen molar-refractivity contribution < 1.29 is 32.4 Å². The summed E-state index contributed by atoms with van der Waals surface area (Å²) in [4.78, 5) is 32.2. The molecular weight excluding hydrogens is 431 g/mol. The van der Waals surface area contributed by atoms with E-state index >= 15 is 0 Å². The van der Waals surface area contributed by atoms with Crippen LogP contribution < -0.4 is 10.2 Å². The van der Waals surface area contributed by atoms with Gasteiger partial charge >= 0.3 is 12.1 Å². The lowest BCUT2D eigenvalue weighted by atomic mass is 9.97. The first-order chi connectivity index (χ1) is 15.1. The zero-order valence-corrected chi connectivity index (χ0v) is 17.8. The zero-order valence-electron chi connectivity index (χ0n) is 17.8. The van der Waals surface area contributed by atoms with Crippen LogP contribution in [0, 0.1) is 11.8 Å². The number of aromatic nitrogens is 3. The van der Waals surface area contributed by atoms with Gasteiger partial charge in [0.15, 0.2) is 5.82 Å². The summed E-state index contributed by atoms with van der Waals surface area (Å²) in [6.45, 7) is 6.13. The molecule has 1 unspecified atom stereocenters. The van der Waals surface area contributed by atoms with Gasteiger partial charge < -0.3 is 19.8 Å². The molecule has 9 nitrogen and oxygen atoms in total. The summed E-state index contributed by atoms with van der Waals surface area (Å²) in [7, 11) is 0. The Labute approximate surface area is 183 Å².